The summed E-state index contributed by atoms with van der Waals surface area (Å²) in [7, 11) is 0. The lowest BCUT2D eigenvalue weighted by Crippen LogP contribution is -2.07. The maximum absolute atomic E-state index is 11.2. The molecule has 1 heterocycles. The molecule has 94 valence electrons. The van der Waals surface area contributed by atoms with Crippen LogP contribution in [0.25, 0.3) is 0 Å². The Morgan fingerprint density at radius 2 is 2.00 bits per heavy atom. The van der Waals surface area contributed by atoms with Crippen molar-refractivity contribution < 1.29 is 4.79 Å². The quantitative estimate of drug-likeness (QED) is 0.714. The first-order valence-electron chi connectivity index (χ1n) is 6.32. The number of hydrogen-bond donors (Lipinski definition) is 0. The molecule has 0 amide bonds. The van der Waals surface area contributed by atoms with Gasteiger partial charge in [0.2, 0.25) is 0 Å². The van der Waals surface area contributed by atoms with E-state index in [4.69, 9.17) is 0 Å². The zero-order valence-corrected chi connectivity index (χ0v) is 11.5. The van der Waals surface area contributed by atoms with E-state index in [1.54, 1.807) is 11.3 Å². The molecular formula is C16H18OS. The fourth-order valence-electron chi connectivity index (χ4n) is 2.11. The Labute approximate surface area is 112 Å². The van der Waals surface area contributed by atoms with Crippen LogP contribution < -0.4 is 0 Å². The van der Waals surface area contributed by atoms with Crippen LogP contribution in [0.1, 0.15) is 22.4 Å². The largest absolute Gasteiger partial charge is 0.303 e. The molecule has 0 aliphatic heterocycles. The lowest BCUT2D eigenvalue weighted by Gasteiger charge is -2.10. The van der Waals surface area contributed by atoms with Crippen LogP contribution in [0, 0.1) is 12.8 Å². The Balaban J connectivity index is 1.90. The highest BCUT2D eigenvalue weighted by Gasteiger charge is 2.10. The summed E-state index contributed by atoms with van der Waals surface area (Å²) in [6.07, 6.45) is 3.92. The van der Waals surface area contributed by atoms with E-state index >= 15 is 0 Å². The fourth-order valence-corrected chi connectivity index (χ4v) is 3.04. The first-order valence-corrected chi connectivity index (χ1v) is 7.19. The standard InChI is InChI=1S/C16H18OS/c1-13-9-10-18-16(13)8-7-15(12-17)11-14-5-3-2-4-6-14/h2-6,9-10,12,15H,7-8,11H2,1H3. The summed E-state index contributed by atoms with van der Waals surface area (Å²) in [5.74, 6) is 0.133. The summed E-state index contributed by atoms with van der Waals surface area (Å²) in [5.41, 5.74) is 2.60. The van der Waals surface area contributed by atoms with Gasteiger partial charge in [-0.05, 0) is 48.8 Å². The second-order valence-electron chi connectivity index (χ2n) is 4.65. The van der Waals surface area contributed by atoms with Crippen molar-refractivity contribution in [3.63, 3.8) is 0 Å². The van der Waals surface area contributed by atoms with E-state index < -0.39 is 0 Å². The van der Waals surface area contributed by atoms with E-state index in [2.05, 4.69) is 30.5 Å². The molecule has 18 heavy (non-hydrogen) atoms. The average molecular weight is 258 g/mol. The zero-order valence-electron chi connectivity index (χ0n) is 10.6. The summed E-state index contributed by atoms with van der Waals surface area (Å²) in [4.78, 5) is 12.6. The molecule has 1 atom stereocenters. The van der Waals surface area contributed by atoms with Crippen LogP contribution in [-0.2, 0) is 17.6 Å². The molecule has 0 aliphatic rings. The number of carbonyl (C=O) groups is 1. The van der Waals surface area contributed by atoms with Gasteiger partial charge in [0.25, 0.3) is 0 Å². The van der Waals surface area contributed by atoms with Gasteiger partial charge in [0, 0.05) is 10.8 Å². The van der Waals surface area contributed by atoms with Crippen LogP contribution in [0.5, 0.6) is 0 Å². The summed E-state index contributed by atoms with van der Waals surface area (Å²) < 4.78 is 0. The Morgan fingerprint density at radius 1 is 1.22 bits per heavy atom. The van der Waals surface area contributed by atoms with Crippen molar-refractivity contribution >= 4 is 17.6 Å². The van der Waals surface area contributed by atoms with E-state index in [0.717, 1.165) is 25.5 Å². The number of aryl methyl sites for hydroxylation is 2. The van der Waals surface area contributed by atoms with Crippen LogP contribution in [0.15, 0.2) is 41.8 Å². The minimum absolute atomic E-state index is 0.133. The molecule has 1 unspecified atom stereocenters. The normalized spacial score (nSPS) is 12.3. The van der Waals surface area contributed by atoms with Gasteiger partial charge in [0.05, 0.1) is 0 Å². The highest BCUT2D eigenvalue weighted by Crippen LogP contribution is 2.20. The highest BCUT2D eigenvalue weighted by molar-refractivity contribution is 7.10. The van der Waals surface area contributed by atoms with Crippen molar-refractivity contribution in [3.8, 4) is 0 Å². The van der Waals surface area contributed by atoms with Gasteiger partial charge in [-0.25, -0.2) is 0 Å². The van der Waals surface area contributed by atoms with Gasteiger partial charge in [0.15, 0.2) is 0 Å². The molecule has 0 saturated heterocycles. The molecule has 0 bridgehead atoms. The van der Waals surface area contributed by atoms with E-state index in [-0.39, 0.29) is 5.92 Å². The Morgan fingerprint density at radius 3 is 2.61 bits per heavy atom. The minimum Gasteiger partial charge on any atom is -0.303 e. The molecule has 2 rings (SSSR count). The van der Waals surface area contributed by atoms with Crippen LogP contribution >= 0.6 is 11.3 Å². The molecule has 1 nitrogen and oxygen atoms in total. The second-order valence-corrected chi connectivity index (χ2v) is 5.65. The molecule has 1 aromatic carbocycles. The number of thiophene rings is 1. The minimum atomic E-state index is 0.133. The van der Waals surface area contributed by atoms with E-state index in [9.17, 15) is 4.79 Å². The maximum Gasteiger partial charge on any atom is 0.123 e. The van der Waals surface area contributed by atoms with Crippen molar-refractivity contribution in [3.05, 3.63) is 57.8 Å². The van der Waals surface area contributed by atoms with Gasteiger partial charge < -0.3 is 4.79 Å². The number of aldehydes is 1. The Kier molecular flexibility index (Phi) is 4.71. The third-order valence-corrected chi connectivity index (χ3v) is 4.33. The molecule has 0 N–H and O–H groups in total. The van der Waals surface area contributed by atoms with Gasteiger partial charge >= 0.3 is 0 Å². The molecule has 0 aliphatic carbocycles. The predicted molar refractivity (Wildman–Crippen MR) is 77.1 cm³/mol. The summed E-state index contributed by atoms with van der Waals surface area (Å²) in [6, 6.07) is 12.4. The van der Waals surface area contributed by atoms with E-state index in [1.165, 1.54) is 16.0 Å². The Hall–Kier alpha value is -1.41. The first kappa shape index (κ1) is 13.0. The molecule has 0 spiro atoms. The number of hydrogen-bond acceptors (Lipinski definition) is 2. The maximum atomic E-state index is 11.2. The highest BCUT2D eigenvalue weighted by atomic mass is 32.1. The topological polar surface area (TPSA) is 17.1 Å². The zero-order chi connectivity index (χ0) is 12.8. The molecule has 1 aromatic heterocycles. The smallest absolute Gasteiger partial charge is 0.123 e. The van der Waals surface area contributed by atoms with Crippen LogP contribution in [0.4, 0.5) is 0 Å². The van der Waals surface area contributed by atoms with Crippen LogP contribution in [0.3, 0.4) is 0 Å². The Bertz CT molecular complexity index is 487. The fraction of sp³-hybridized carbons (Fsp3) is 0.312. The molecule has 2 aromatic rings. The molecule has 2 heteroatoms. The molecule has 0 radical (unpaired) electrons. The van der Waals surface area contributed by atoms with Crippen molar-refractivity contribution in [1.82, 2.24) is 0 Å². The monoisotopic (exact) mass is 258 g/mol. The van der Waals surface area contributed by atoms with Crippen molar-refractivity contribution in [2.45, 2.75) is 26.2 Å². The number of benzene rings is 1. The van der Waals surface area contributed by atoms with Gasteiger partial charge in [-0.1, -0.05) is 30.3 Å². The summed E-state index contributed by atoms with van der Waals surface area (Å²) in [5, 5.41) is 2.12. The summed E-state index contributed by atoms with van der Waals surface area (Å²) in [6.45, 7) is 2.14. The van der Waals surface area contributed by atoms with Crippen molar-refractivity contribution in [1.29, 1.82) is 0 Å². The van der Waals surface area contributed by atoms with Crippen molar-refractivity contribution in [2.75, 3.05) is 0 Å². The molecule has 0 saturated carbocycles. The lowest BCUT2D eigenvalue weighted by atomic mass is 9.95. The third kappa shape index (κ3) is 3.54. The molecular weight excluding hydrogens is 240 g/mol. The third-order valence-electron chi connectivity index (χ3n) is 3.24. The van der Waals surface area contributed by atoms with Crippen LogP contribution in [0.2, 0.25) is 0 Å². The van der Waals surface area contributed by atoms with Crippen LogP contribution in [-0.4, -0.2) is 6.29 Å². The van der Waals surface area contributed by atoms with Crippen molar-refractivity contribution in [2.24, 2.45) is 5.92 Å². The predicted octanol–water partition coefficient (Wildman–Crippen LogP) is 4.05. The average Bonchev–Trinajstić information content (AvgIpc) is 2.81. The summed E-state index contributed by atoms with van der Waals surface area (Å²) >= 11 is 1.79. The number of carbonyl (C=O) groups excluding carboxylic acids is 1. The first-order chi connectivity index (χ1) is 8.79. The van der Waals surface area contributed by atoms with Gasteiger partial charge in [-0.3, -0.25) is 0 Å². The molecule has 0 fully saturated rings. The van der Waals surface area contributed by atoms with E-state index in [0.29, 0.717) is 0 Å². The lowest BCUT2D eigenvalue weighted by molar-refractivity contribution is -0.111. The second kappa shape index (κ2) is 6.50. The number of rotatable bonds is 6. The van der Waals surface area contributed by atoms with Gasteiger partial charge in [-0.2, -0.15) is 0 Å². The van der Waals surface area contributed by atoms with Gasteiger partial charge in [-0.15, -0.1) is 11.3 Å². The van der Waals surface area contributed by atoms with Gasteiger partial charge in [0.1, 0.15) is 6.29 Å². The SMILES string of the molecule is Cc1ccsc1CCC(C=O)Cc1ccccc1. The van der Waals surface area contributed by atoms with E-state index in [1.807, 2.05) is 18.2 Å².